The van der Waals surface area contributed by atoms with Gasteiger partial charge in [0.2, 0.25) is 5.89 Å². The molecular formula is C20H19N3O4. The highest BCUT2D eigenvalue weighted by Crippen LogP contribution is 2.30. The normalized spacial score (nSPS) is 19.6. The van der Waals surface area contributed by atoms with E-state index < -0.39 is 17.5 Å². The average molecular weight is 365 g/mol. The first kappa shape index (κ1) is 17.1. The summed E-state index contributed by atoms with van der Waals surface area (Å²) in [6.07, 6.45) is 2.94. The molecule has 3 heterocycles. The molecule has 4 rings (SSSR count). The minimum atomic E-state index is -1.22. The molecule has 1 aromatic carbocycles. The molecule has 7 nitrogen and oxygen atoms in total. The van der Waals surface area contributed by atoms with Crippen LogP contribution in [-0.4, -0.2) is 21.8 Å². The summed E-state index contributed by atoms with van der Waals surface area (Å²) < 4.78 is 10.9. The number of nitrogens with one attached hydrogen (secondary N) is 1. The van der Waals surface area contributed by atoms with Crippen molar-refractivity contribution in [2.75, 3.05) is 0 Å². The van der Waals surface area contributed by atoms with Gasteiger partial charge in [0.05, 0.1) is 18.5 Å². The number of amides is 3. The third-order valence-corrected chi connectivity index (χ3v) is 4.77. The molecule has 1 fully saturated rings. The fraction of sp³-hybridized carbons (Fsp3) is 0.250. The Balaban J connectivity index is 1.57. The van der Waals surface area contributed by atoms with Gasteiger partial charge in [0, 0.05) is 5.56 Å². The molecule has 138 valence electrons. The SMILES string of the molecule is Cc1ccc(-c2nc(CN3C(=O)NC(C)(c4ccco4)C3=O)co2)c(C)c1. The van der Waals surface area contributed by atoms with E-state index in [-0.39, 0.29) is 6.54 Å². The Bertz CT molecular complexity index is 1020. The number of hydrogen-bond acceptors (Lipinski definition) is 5. The molecule has 1 atom stereocenters. The lowest BCUT2D eigenvalue weighted by molar-refractivity contribution is -0.132. The van der Waals surface area contributed by atoms with Gasteiger partial charge in [0.15, 0.2) is 5.54 Å². The molecule has 1 unspecified atom stereocenters. The zero-order chi connectivity index (χ0) is 19.2. The van der Waals surface area contributed by atoms with Crippen LogP contribution >= 0.6 is 0 Å². The molecule has 1 aliphatic heterocycles. The molecule has 3 amide bonds. The number of benzene rings is 1. The fourth-order valence-electron chi connectivity index (χ4n) is 3.29. The minimum Gasteiger partial charge on any atom is -0.466 e. The first-order valence-electron chi connectivity index (χ1n) is 8.58. The van der Waals surface area contributed by atoms with Gasteiger partial charge < -0.3 is 14.2 Å². The first-order valence-corrected chi connectivity index (χ1v) is 8.58. The van der Waals surface area contributed by atoms with Gasteiger partial charge >= 0.3 is 6.03 Å². The van der Waals surface area contributed by atoms with Gasteiger partial charge in [0.25, 0.3) is 5.91 Å². The van der Waals surface area contributed by atoms with Crippen LogP contribution in [0.25, 0.3) is 11.5 Å². The molecule has 2 aromatic heterocycles. The predicted molar refractivity (Wildman–Crippen MR) is 96.6 cm³/mol. The molecule has 1 aliphatic rings. The van der Waals surface area contributed by atoms with Gasteiger partial charge in [-0.15, -0.1) is 0 Å². The van der Waals surface area contributed by atoms with Crippen LogP contribution in [0.15, 0.2) is 51.7 Å². The van der Waals surface area contributed by atoms with Crippen molar-refractivity contribution in [3.05, 3.63) is 65.4 Å². The van der Waals surface area contributed by atoms with Crippen LogP contribution in [0.5, 0.6) is 0 Å². The summed E-state index contributed by atoms with van der Waals surface area (Å²) >= 11 is 0. The van der Waals surface area contributed by atoms with E-state index >= 15 is 0 Å². The molecule has 7 heteroatoms. The second kappa shape index (κ2) is 6.12. The van der Waals surface area contributed by atoms with Crippen LogP contribution < -0.4 is 5.32 Å². The number of imide groups is 1. The lowest BCUT2D eigenvalue weighted by Crippen LogP contribution is -2.40. The molecular weight excluding hydrogens is 346 g/mol. The van der Waals surface area contributed by atoms with E-state index in [0.29, 0.717) is 17.3 Å². The molecule has 1 N–H and O–H groups in total. The van der Waals surface area contributed by atoms with Crippen LogP contribution in [0.3, 0.4) is 0 Å². The Labute approximate surface area is 156 Å². The summed E-state index contributed by atoms with van der Waals surface area (Å²) in [6.45, 7) is 5.65. The summed E-state index contributed by atoms with van der Waals surface area (Å²) in [5.41, 5.74) is 2.35. The summed E-state index contributed by atoms with van der Waals surface area (Å²) in [5, 5.41) is 2.69. The van der Waals surface area contributed by atoms with Gasteiger partial charge in [0.1, 0.15) is 12.0 Å². The number of carbonyl (C=O) groups excluding carboxylic acids is 2. The molecule has 1 saturated heterocycles. The lowest BCUT2D eigenvalue weighted by atomic mass is 9.99. The van der Waals surface area contributed by atoms with Gasteiger partial charge in [-0.2, -0.15) is 0 Å². The van der Waals surface area contributed by atoms with Crippen LogP contribution in [-0.2, 0) is 16.9 Å². The Kier molecular flexibility index (Phi) is 3.87. The van der Waals surface area contributed by atoms with E-state index in [1.807, 2.05) is 32.0 Å². The predicted octanol–water partition coefficient (Wildman–Crippen LogP) is 3.52. The number of nitrogens with zero attached hydrogens (tertiary/aromatic N) is 2. The highest BCUT2D eigenvalue weighted by molar-refractivity contribution is 6.06. The van der Waals surface area contributed by atoms with Crippen molar-refractivity contribution >= 4 is 11.9 Å². The zero-order valence-corrected chi connectivity index (χ0v) is 15.3. The van der Waals surface area contributed by atoms with E-state index in [0.717, 1.165) is 21.6 Å². The maximum Gasteiger partial charge on any atom is 0.325 e. The maximum atomic E-state index is 12.8. The van der Waals surface area contributed by atoms with Crippen molar-refractivity contribution in [2.24, 2.45) is 0 Å². The standard InChI is InChI=1S/C20H19N3O4/c1-12-6-7-15(13(2)9-12)17-21-14(11-27-17)10-23-18(24)20(3,22-19(23)25)16-5-4-8-26-16/h4-9,11H,10H2,1-3H3,(H,22,25). The minimum absolute atomic E-state index is 0.0232. The van der Waals surface area contributed by atoms with E-state index in [4.69, 9.17) is 8.83 Å². The largest absolute Gasteiger partial charge is 0.466 e. The Morgan fingerprint density at radius 1 is 1.19 bits per heavy atom. The molecule has 27 heavy (non-hydrogen) atoms. The van der Waals surface area contributed by atoms with Crippen LogP contribution in [0.4, 0.5) is 4.79 Å². The summed E-state index contributed by atoms with van der Waals surface area (Å²) in [7, 11) is 0. The van der Waals surface area contributed by atoms with Crippen LogP contribution in [0.2, 0.25) is 0 Å². The molecule has 0 saturated carbocycles. The maximum absolute atomic E-state index is 12.8. The van der Waals surface area contributed by atoms with E-state index in [1.165, 1.54) is 12.5 Å². The second-order valence-corrected chi connectivity index (χ2v) is 6.89. The number of hydrogen-bond donors (Lipinski definition) is 1. The molecule has 0 aliphatic carbocycles. The summed E-state index contributed by atoms with van der Waals surface area (Å²) in [4.78, 5) is 30.8. The van der Waals surface area contributed by atoms with Crippen molar-refractivity contribution in [1.29, 1.82) is 0 Å². The number of carbonyl (C=O) groups is 2. The fourth-order valence-corrected chi connectivity index (χ4v) is 3.29. The molecule has 3 aromatic rings. The highest BCUT2D eigenvalue weighted by atomic mass is 16.3. The zero-order valence-electron chi connectivity index (χ0n) is 15.3. The van der Waals surface area contributed by atoms with Crippen molar-refractivity contribution in [2.45, 2.75) is 32.9 Å². The first-order chi connectivity index (χ1) is 12.9. The third kappa shape index (κ3) is 2.81. The van der Waals surface area contributed by atoms with Gasteiger partial charge in [-0.25, -0.2) is 9.78 Å². The second-order valence-electron chi connectivity index (χ2n) is 6.89. The smallest absolute Gasteiger partial charge is 0.325 e. The van der Waals surface area contributed by atoms with Crippen molar-refractivity contribution in [1.82, 2.24) is 15.2 Å². The van der Waals surface area contributed by atoms with Crippen molar-refractivity contribution in [3.8, 4) is 11.5 Å². The lowest BCUT2D eigenvalue weighted by Gasteiger charge is -2.18. The third-order valence-electron chi connectivity index (χ3n) is 4.77. The topological polar surface area (TPSA) is 88.6 Å². The van der Waals surface area contributed by atoms with Crippen molar-refractivity contribution in [3.63, 3.8) is 0 Å². The molecule has 0 bridgehead atoms. The number of urea groups is 1. The Morgan fingerprint density at radius 2 is 2.00 bits per heavy atom. The van der Waals surface area contributed by atoms with Crippen LogP contribution in [0, 0.1) is 13.8 Å². The van der Waals surface area contributed by atoms with Gasteiger partial charge in [-0.3, -0.25) is 9.69 Å². The van der Waals surface area contributed by atoms with E-state index in [9.17, 15) is 9.59 Å². The number of oxazole rings is 1. The van der Waals surface area contributed by atoms with E-state index in [1.54, 1.807) is 19.1 Å². The summed E-state index contributed by atoms with van der Waals surface area (Å²) in [5.74, 6) is 0.460. The quantitative estimate of drug-likeness (QED) is 0.715. The number of rotatable bonds is 4. The van der Waals surface area contributed by atoms with Crippen molar-refractivity contribution < 1.29 is 18.4 Å². The Hall–Kier alpha value is -3.35. The highest BCUT2D eigenvalue weighted by Gasteiger charge is 2.51. The number of aromatic nitrogens is 1. The summed E-state index contributed by atoms with van der Waals surface area (Å²) in [6, 6.07) is 8.83. The number of aryl methyl sites for hydroxylation is 2. The monoisotopic (exact) mass is 365 g/mol. The average Bonchev–Trinajstić information content (AvgIpc) is 3.34. The molecule has 0 radical (unpaired) electrons. The van der Waals surface area contributed by atoms with Gasteiger partial charge in [-0.05, 0) is 44.5 Å². The Morgan fingerprint density at radius 3 is 2.70 bits per heavy atom. The van der Waals surface area contributed by atoms with E-state index in [2.05, 4.69) is 10.3 Å². The molecule has 0 spiro atoms. The number of furan rings is 1. The van der Waals surface area contributed by atoms with Crippen LogP contribution in [0.1, 0.15) is 29.5 Å². The van der Waals surface area contributed by atoms with Gasteiger partial charge in [-0.1, -0.05) is 17.7 Å².